The number of nitro groups is 1. The number of hydrogen-bond acceptors (Lipinski definition) is 5. The van der Waals surface area contributed by atoms with Crippen molar-refractivity contribution in [2.45, 2.75) is 18.9 Å². The normalized spacial score (nSPS) is 20.2. The molecule has 0 bridgehead atoms. The third-order valence-corrected chi connectivity index (χ3v) is 5.44. The summed E-state index contributed by atoms with van der Waals surface area (Å²) in [5.74, 6) is 0.489. The van der Waals surface area contributed by atoms with Gasteiger partial charge in [-0.2, -0.15) is 0 Å². The van der Waals surface area contributed by atoms with Gasteiger partial charge in [0.15, 0.2) is 0 Å². The highest BCUT2D eigenvalue weighted by Gasteiger charge is 2.32. The van der Waals surface area contributed by atoms with E-state index in [1.807, 2.05) is 12.1 Å². The lowest BCUT2D eigenvalue weighted by Crippen LogP contribution is -2.47. The number of rotatable bonds is 4. The Labute approximate surface area is 168 Å². The van der Waals surface area contributed by atoms with Crippen LogP contribution in [0.2, 0.25) is 0 Å². The van der Waals surface area contributed by atoms with Crippen LogP contribution < -0.4 is 5.32 Å². The van der Waals surface area contributed by atoms with Crippen LogP contribution in [0.5, 0.6) is 0 Å². The van der Waals surface area contributed by atoms with Crippen molar-refractivity contribution in [3.05, 3.63) is 38.3 Å². The number of hydrogen-bond donors (Lipinski definition) is 1. The Morgan fingerprint density at radius 2 is 1.88 bits per heavy atom. The Balaban J connectivity index is 0.00000156. The lowest BCUT2D eigenvalue weighted by Gasteiger charge is -2.41. The Bertz CT molecular complexity index is 550. The Morgan fingerprint density at radius 3 is 2.48 bits per heavy atom. The number of nitro benzene ring substituents is 1. The van der Waals surface area contributed by atoms with Gasteiger partial charge in [-0.15, -0.1) is 24.8 Å². The van der Waals surface area contributed by atoms with E-state index in [2.05, 4.69) is 26.1 Å². The summed E-state index contributed by atoms with van der Waals surface area (Å²) in [6.45, 7) is 5.46. The van der Waals surface area contributed by atoms with Gasteiger partial charge in [-0.3, -0.25) is 15.0 Å². The molecule has 6 nitrogen and oxygen atoms in total. The number of ether oxygens (including phenoxy) is 1. The van der Waals surface area contributed by atoms with E-state index in [0.29, 0.717) is 10.4 Å². The summed E-state index contributed by atoms with van der Waals surface area (Å²) in [6, 6.07) is 5.81. The smallest absolute Gasteiger partial charge is 0.283 e. The first-order chi connectivity index (χ1) is 11.2. The van der Waals surface area contributed by atoms with Crippen LogP contribution in [0.3, 0.4) is 0 Å². The zero-order chi connectivity index (χ0) is 16.2. The zero-order valence-electron chi connectivity index (χ0n) is 13.9. The number of nitrogens with one attached hydrogen (secondary N) is 1. The predicted octanol–water partition coefficient (Wildman–Crippen LogP) is 3.57. The average molecular weight is 457 g/mol. The maximum atomic E-state index is 11.3. The Hall–Kier alpha value is -0.440. The molecule has 25 heavy (non-hydrogen) atoms. The van der Waals surface area contributed by atoms with Gasteiger partial charge < -0.3 is 10.1 Å². The SMILES string of the molecule is Cl.Cl.O=[N+]([O-])c1cc([C@@H](C2CCOCC2)N2CCNCC2)ccc1Br. The first-order valence-corrected chi connectivity index (χ1v) is 8.92. The van der Waals surface area contributed by atoms with Gasteiger partial charge in [0.1, 0.15) is 0 Å². The molecular weight excluding hydrogens is 433 g/mol. The van der Waals surface area contributed by atoms with Crippen molar-refractivity contribution in [3.63, 3.8) is 0 Å². The van der Waals surface area contributed by atoms with E-state index >= 15 is 0 Å². The van der Waals surface area contributed by atoms with Gasteiger partial charge in [-0.1, -0.05) is 6.07 Å². The van der Waals surface area contributed by atoms with Crippen LogP contribution in [-0.2, 0) is 4.74 Å². The molecule has 2 heterocycles. The van der Waals surface area contributed by atoms with Crippen LogP contribution in [0.4, 0.5) is 5.69 Å². The minimum atomic E-state index is -0.313. The average Bonchev–Trinajstić information content (AvgIpc) is 2.58. The molecule has 2 fully saturated rings. The second kappa shape index (κ2) is 10.6. The Kier molecular flexibility index (Phi) is 9.62. The van der Waals surface area contributed by atoms with Crippen molar-refractivity contribution in [2.75, 3.05) is 39.4 Å². The molecule has 0 spiro atoms. The fraction of sp³-hybridized carbons (Fsp3) is 0.625. The minimum Gasteiger partial charge on any atom is -0.381 e. The number of nitrogens with zero attached hydrogens (tertiary/aromatic N) is 2. The van der Waals surface area contributed by atoms with E-state index in [1.165, 1.54) is 0 Å². The quantitative estimate of drug-likeness (QED) is 0.554. The van der Waals surface area contributed by atoms with Crippen LogP contribution in [0.1, 0.15) is 24.4 Å². The van der Waals surface area contributed by atoms with Gasteiger partial charge in [0.05, 0.1) is 9.40 Å². The van der Waals surface area contributed by atoms with Gasteiger partial charge >= 0.3 is 0 Å². The monoisotopic (exact) mass is 455 g/mol. The van der Waals surface area contributed by atoms with Crippen LogP contribution in [0, 0.1) is 16.0 Å². The van der Waals surface area contributed by atoms with Crippen molar-refractivity contribution >= 4 is 46.4 Å². The van der Waals surface area contributed by atoms with Gasteiger partial charge in [0, 0.05) is 51.5 Å². The molecule has 9 heteroatoms. The first-order valence-electron chi connectivity index (χ1n) is 8.13. The highest BCUT2D eigenvalue weighted by atomic mass is 79.9. The summed E-state index contributed by atoms with van der Waals surface area (Å²) in [5, 5.41) is 14.7. The molecule has 0 aliphatic carbocycles. The molecule has 0 aromatic heterocycles. The summed E-state index contributed by atoms with van der Waals surface area (Å²) in [6.07, 6.45) is 2.02. The molecule has 0 amide bonds. The molecule has 0 saturated carbocycles. The van der Waals surface area contributed by atoms with Crippen molar-refractivity contribution in [1.29, 1.82) is 0 Å². The highest BCUT2D eigenvalue weighted by Crippen LogP contribution is 2.38. The highest BCUT2D eigenvalue weighted by molar-refractivity contribution is 9.10. The van der Waals surface area contributed by atoms with Gasteiger partial charge in [-0.05, 0) is 46.3 Å². The van der Waals surface area contributed by atoms with Crippen molar-refractivity contribution < 1.29 is 9.66 Å². The fourth-order valence-electron chi connectivity index (χ4n) is 3.63. The van der Waals surface area contributed by atoms with E-state index in [0.717, 1.165) is 57.8 Å². The molecule has 1 aromatic carbocycles. The topological polar surface area (TPSA) is 67.6 Å². The van der Waals surface area contributed by atoms with E-state index < -0.39 is 0 Å². The molecule has 142 valence electrons. The summed E-state index contributed by atoms with van der Waals surface area (Å²) in [5.41, 5.74) is 1.20. The second-order valence-corrected chi connectivity index (χ2v) is 7.00. The van der Waals surface area contributed by atoms with E-state index in [9.17, 15) is 10.1 Å². The van der Waals surface area contributed by atoms with E-state index in [1.54, 1.807) is 6.07 Å². The number of halogens is 3. The molecule has 1 N–H and O–H groups in total. The number of piperazine rings is 1. The summed E-state index contributed by atoms with van der Waals surface area (Å²) in [7, 11) is 0. The van der Waals surface area contributed by atoms with Crippen LogP contribution in [0.15, 0.2) is 22.7 Å². The van der Waals surface area contributed by atoms with Crippen molar-refractivity contribution in [3.8, 4) is 0 Å². The van der Waals surface area contributed by atoms with Gasteiger partial charge in [0.2, 0.25) is 0 Å². The molecule has 1 atom stereocenters. The van der Waals surface area contributed by atoms with Gasteiger partial charge in [0.25, 0.3) is 5.69 Å². The molecule has 1 aromatic rings. The molecule has 0 radical (unpaired) electrons. The van der Waals surface area contributed by atoms with Crippen molar-refractivity contribution in [2.24, 2.45) is 5.92 Å². The second-order valence-electron chi connectivity index (χ2n) is 6.15. The van der Waals surface area contributed by atoms with Crippen LogP contribution in [-0.4, -0.2) is 49.2 Å². The van der Waals surface area contributed by atoms with E-state index in [-0.39, 0.29) is 41.5 Å². The van der Waals surface area contributed by atoms with Crippen molar-refractivity contribution in [1.82, 2.24) is 10.2 Å². The molecular formula is C16H24BrCl2N3O3. The third kappa shape index (κ3) is 5.52. The predicted molar refractivity (Wildman–Crippen MR) is 106 cm³/mol. The summed E-state index contributed by atoms with van der Waals surface area (Å²) in [4.78, 5) is 13.4. The number of benzene rings is 1. The van der Waals surface area contributed by atoms with Crippen LogP contribution in [0.25, 0.3) is 0 Å². The molecule has 2 aliphatic rings. The zero-order valence-corrected chi connectivity index (χ0v) is 17.1. The standard InChI is InChI=1S/C16H22BrN3O3.2ClH/c17-14-2-1-13(11-15(14)20(21)22)16(12-3-9-23-10-4-12)19-7-5-18-6-8-19;;/h1-2,11-12,16,18H,3-10H2;2*1H/t16-;;/m1../s1. The Morgan fingerprint density at radius 1 is 1.24 bits per heavy atom. The van der Waals surface area contributed by atoms with Gasteiger partial charge in [-0.25, -0.2) is 0 Å². The molecule has 3 rings (SSSR count). The molecule has 2 saturated heterocycles. The lowest BCUT2D eigenvalue weighted by atomic mass is 9.85. The summed E-state index contributed by atoms with van der Waals surface area (Å²) < 4.78 is 6.05. The maximum Gasteiger partial charge on any atom is 0.283 e. The lowest BCUT2D eigenvalue weighted by molar-refractivity contribution is -0.385. The molecule has 2 aliphatic heterocycles. The minimum absolute atomic E-state index is 0. The van der Waals surface area contributed by atoms with Crippen LogP contribution >= 0.6 is 40.7 Å². The summed E-state index contributed by atoms with van der Waals surface area (Å²) >= 11 is 3.29. The fourth-order valence-corrected chi connectivity index (χ4v) is 4.02. The third-order valence-electron chi connectivity index (χ3n) is 4.77. The van der Waals surface area contributed by atoms with E-state index in [4.69, 9.17) is 4.74 Å². The first kappa shape index (κ1) is 22.6. The molecule has 0 unspecified atom stereocenters. The largest absolute Gasteiger partial charge is 0.381 e. The maximum absolute atomic E-state index is 11.3.